The van der Waals surface area contributed by atoms with Crippen molar-refractivity contribution in [2.45, 2.75) is 6.54 Å². The molecule has 1 heterocycles. The lowest BCUT2D eigenvalue weighted by molar-refractivity contribution is 0.0952. The molecule has 0 spiro atoms. The first kappa shape index (κ1) is 16.6. The van der Waals surface area contributed by atoms with Gasteiger partial charge in [-0.05, 0) is 24.3 Å². The van der Waals surface area contributed by atoms with Crippen LogP contribution in [0.1, 0.15) is 15.9 Å². The van der Waals surface area contributed by atoms with Crippen LogP contribution in [0.5, 0.6) is 11.5 Å². The number of methoxy groups -OCH3 is 2. The van der Waals surface area contributed by atoms with E-state index in [0.717, 1.165) is 5.56 Å². The van der Waals surface area contributed by atoms with Gasteiger partial charge in [0.2, 0.25) is 5.56 Å². The Bertz CT molecular complexity index is 979. The van der Waals surface area contributed by atoms with Crippen LogP contribution in [0.2, 0.25) is 0 Å². The monoisotopic (exact) mass is 338 g/mol. The van der Waals surface area contributed by atoms with E-state index in [4.69, 9.17) is 9.47 Å². The van der Waals surface area contributed by atoms with Crippen LogP contribution in [0.4, 0.5) is 0 Å². The first-order valence-electron chi connectivity index (χ1n) is 7.73. The third-order valence-corrected chi connectivity index (χ3v) is 3.92. The molecule has 0 atom stereocenters. The van der Waals surface area contributed by atoms with Crippen molar-refractivity contribution in [2.24, 2.45) is 0 Å². The van der Waals surface area contributed by atoms with Crippen molar-refractivity contribution in [2.75, 3.05) is 14.2 Å². The van der Waals surface area contributed by atoms with E-state index in [-0.39, 0.29) is 18.0 Å². The number of pyridine rings is 1. The third-order valence-electron chi connectivity index (χ3n) is 3.92. The Morgan fingerprint density at radius 2 is 1.88 bits per heavy atom. The molecule has 0 radical (unpaired) electrons. The molecule has 128 valence electrons. The van der Waals surface area contributed by atoms with Crippen molar-refractivity contribution >= 4 is 16.8 Å². The van der Waals surface area contributed by atoms with Crippen LogP contribution in [-0.2, 0) is 6.54 Å². The number of ether oxygens (including phenoxy) is 2. The highest BCUT2D eigenvalue weighted by Crippen LogP contribution is 2.24. The van der Waals surface area contributed by atoms with Crippen molar-refractivity contribution in [1.29, 1.82) is 0 Å². The average Bonchev–Trinajstić information content (AvgIpc) is 2.65. The van der Waals surface area contributed by atoms with E-state index >= 15 is 0 Å². The van der Waals surface area contributed by atoms with Crippen molar-refractivity contribution in [3.8, 4) is 11.5 Å². The number of H-pyrrole nitrogens is 1. The number of fused-ring (bicyclic) bond motifs is 1. The van der Waals surface area contributed by atoms with Crippen LogP contribution in [0, 0.1) is 0 Å². The van der Waals surface area contributed by atoms with Crippen molar-refractivity contribution in [1.82, 2.24) is 10.3 Å². The average molecular weight is 338 g/mol. The van der Waals surface area contributed by atoms with Gasteiger partial charge in [0.15, 0.2) is 0 Å². The molecule has 0 aliphatic rings. The van der Waals surface area contributed by atoms with E-state index in [1.807, 2.05) is 6.07 Å². The molecular formula is C19H18N2O4. The number of carbonyl (C=O) groups is 1. The second-order valence-corrected chi connectivity index (χ2v) is 5.45. The highest BCUT2D eigenvalue weighted by molar-refractivity contribution is 6.05. The molecule has 25 heavy (non-hydrogen) atoms. The summed E-state index contributed by atoms with van der Waals surface area (Å²) in [5.74, 6) is 0.996. The number of carbonyl (C=O) groups excluding carboxylic acids is 1. The maximum Gasteiger partial charge on any atom is 0.252 e. The highest BCUT2D eigenvalue weighted by Gasteiger charge is 2.13. The lowest BCUT2D eigenvalue weighted by Crippen LogP contribution is -2.25. The Balaban J connectivity index is 1.88. The number of amides is 1. The first-order chi connectivity index (χ1) is 12.1. The number of benzene rings is 2. The summed E-state index contributed by atoms with van der Waals surface area (Å²) in [5, 5.41) is 3.53. The molecule has 6 heteroatoms. The molecule has 2 aromatic carbocycles. The lowest BCUT2D eigenvalue weighted by atomic mass is 10.1. The predicted octanol–water partition coefficient (Wildman–Crippen LogP) is 2.48. The minimum atomic E-state index is -0.327. The molecule has 0 aliphatic heterocycles. The molecule has 0 bridgehead atoms. The number of hydrogen-bond donors (Lipinski definition) is 2. The van der Waals surface area contributed by atoms with Crippen LogP contribution in [-0.4, -0.2) is 25.1 Å². The van der Waals surface area contributed by atoms with Crippen LogP contribution in [0.3, 0.4) is 0 Å². The van der Waals surface area contributed by atoms with E-state index in [2.05, 4.69) is 10.3 Å². The maximum atomic E-state index is 12.6. The lowest BCUT2D eigenvalue weighted by Gasteiger charge is -2.12. The van der Waals surface area contributed by atoms with Gasteiger partial charge in [-0.2, -0.15) is 0 Å². The van der Waals surface area contributed by atoms with Crippen molar-refractivity contribution in [3.63, 3.8) is 0 Å². The molecule has 0 fully saturated rings. The molecule has 3 rings (SSSR count). The van der Waals surface area contributed by atoms with Gasteiger partial charge in [0.1, 0.15) is 11.5 Å². The fourth-order valence-electron chi connectivity index (χ4n) is 2.68. The van der Waals surface area contributed by atoms with E-state index < -0.39 is 0 Å². The smallest absolute Gasteiger partial charge is 0.252 e. The molecule has 1 amide bonds. The van der Waals surface area contributed by atoms with Gasteiger partial charge in [-0.1, -0.05) is 18.2 Å². The maximum absolute atomic E-state index is 12.6. The van der Waals surface area contributed by atoms with Gasteiger partial charge in [0.05, 0.1) is 19.8 Å². The van der Waals surface area contributed by atoms with Gasteiger partial charge in [-0.15, -0.1) is 0 Å². The van der Waals surface area contributed by atoms with E-state index in [1.54, 1.807) is 50.6 Å². The van der Waals surface area contributed by atoms with Gasteiger partial charge >= 0.3 is 0 Å². The van der Waals surface area contributed by atoms with Gasteiger partial charge in [-0.25, -0.2) is 0 Å². The standard InChI is InChI=1S/C19H18N2O4/c1-24-13-7-8-17(25-2)12(9-13)11-20-19(23)15-10-18(22)21-16-6-4-3-5-14(15)16/h3-10H,11H2,1-2H3,(H,20,23)(H,21,22). The molecule has 0 aliphatic carbocycles. The van der Waals surface area contributed by atoms with Crippen LogP contribution >= 0.6 is 0 Å². The second-order valence-electron chi connectivity index (χ2n) is 5.45. The first-order valence-corrected chi connectivity index (χ1v) is 7.73. The number of aromatic nitrogens is 1. The van der Waals surface area contributed by atoms with E-state index in [9.17, 15) is 9.59 Å². The SMILES string of the molecule is COc1ccc(OC)c(CNC(=O)c2cc(=O)[nH]c3ccccc23)c1. The Kier molecular flexibility index (Phi) is 4.70. The minimum Gasteiger partial charge on any atom is -0.497 e. The van der Waals surface area contributed by atoms with Crippen LogP contribution < -0.4 is 20.3 Å². The Hall–Kier alpha value is -3.28. The number of nitrogens with one attached hydrogen (secondary N) is 2. The fraction of sp³-hybridized carbons (Fsp3) is 0.158. The van der Waals surface area contributed by atoms with Gasteiger partial charge in [-0.3, -0.25) is 9.59 Å². The number of para-hydroxylation sites is 1. The molecule has 0 unspecified atom stereocenters. The summed E-state index contributed by atoms with van der Waals surface area (Å²) in [7, 11) is 3.14. The van der Waals surface area contributed by atoms with Gasteiger partial charge in [0.25, 0.3) is 5.91 Å². The number of rotatable bonds is 5. The zero-order chi connectivity index (χ0) is 17.8. The van der Waals surface area contributed by atoms with Crippen molar-refractivity contribution in [3.05, 3.63) is 70.0 Å². The molecule has 0 saturated heterocycles. The summed E-state index contributed by atoms with van der Waals surface area (Å²) in [5.41, 5.74) is 1.42. The Morgan fingerprint density at radius 1 is 1.08 bits per heavy atom. The molecule has 3 aromatic rings. The van der Waals surface area contributed by atoms with E-state index in [0.29, 0.717) is 28.0 Å². The van der Waals surface area contributed by atoms with Crippen LogP contribution in [0.15, 0.2) is 53.3 Å². The quantitative estimate of drug-likeness (QED) is 0.749. The molecule has 2 N–H and O–H groups in total. The largest absolute Gasteiger partial charge is 0.497 e. The van der Waals surface area contributed by atoms with E-state index in [1.165, 1.54) is 6.07 Å². The molecular weight excluding hydrogens is 320 g/mol. The third kappa shape index (κ3) is 3.47. The topological polar surface area (TPSA) is 80.4 Å². The minimum absolute atomic E-state index is 0.250. The zero-order valence-corrected chi connectivity index (χ0v) is 14.0. The summed E-state index contributed by atoms with van der Waals surface area (Å²) in [6.45, 7) is 0.250. The molecule has 1 aromatic heterocycles. The summed E-state index contributed by atoms with van der Waals surface area (Å²) in [6, 6.07) is 13.9. The van der Waals surface area contributed by atoms with Crippen LogP contribution in [0.25, 0.3) is 10.9 Å². The summed E-state index contributed by atoms with van der Waals surface area (Å²) in [6.07, 6.45) is 0. The summed E-state index contributed by atoms with van der Waals surface area (Å²) in [4.78, 5) is 27.1. The van der Waals surface area contributed by atoms with Gasteiger partial charge < -0.3 is 19.8 Å². The van der Waals surface area contributed by atoms with Crippen molar-refractivity contribution < 1.29 is 14.3 Å². The number of hydrogen-bond acceptors (Lipinski definition) is 4. The number of aromatic amines is 1. The van der Waals surface area contributed by atoms with Gasteiger partial charge in [0, 0.05) is 29.1 Å². The summed E-state index contributed by atoms with van der Waals surface area (Å²) < 4.78 is 10.5. The fourth-order valence-corrected chi connectivity index (χ4v) is 2.68. The highest BCUT2D eigenvalue weighted by atomic mass is 16.5. The Labute approximate surface area is 144 Å². The molecule has 0 saturated carbocycles. The normalized spacial score (nSPS) is 10.5. The summed E-state index contributed by atoms with van der Waals surface area (Å²) >= 11 is 0. The second kappa shape index (κ2) is 7.09. The molecule has 6 nitrogen and oxygen atoms in total. The predicted molar refractivity (Wildman–Crippen MR) is 95.3 cm³/mol. The zero-order valence-electron chi connectivity index (χ0n) is 14.0. The Morgan fingerprint density at radius 3 is 2.64 bits per heavy atom.